The van der Waals surface area contributed by atoms with Crippen molar-refractivity contribution in [2.24, 2.45) is 5.73 Å². The number of halogens is 2. The Morgan fingerprint density at radius 1 is 1.40 bits per heavy atom. The lowest BCUT2D eigenvalue weighted by Gasteiger charge is -2.01. The highest BCUT2D eigenvalue weighted by Crippen LogP contribution is 2.29. The molecule has 0 aliphatic rings. The zero-order chi connectivity index (χ0) is 10.8. The molecule has 2 aromatic rings. The Morgan fingerprint density at radius 3 is 2.87 bits per heavy atom. The largest absolute Gasteiger partial charge is 0.443 e. The summed E-state index contributed by atoms with van der Waals surface area (Å²) >= 11 is 9.31. The second-order valence-electron chi connectivity index (χ2n) is 2.99. The van der Waals surface area contributed by atoms with Crippen molar-refractivity contribution in [3.05, 3.63) is 39.8 Å². The predicted molar refractivity (Wildman–Crippen MR) is 62.5 cm³/mol. The Morgan fingerprint density at radius 2 is 2.20 bits per heavy atom. The molecule has 15 heavy (non-hydrogen) atoms. The maximum atomic E-state index is 5.94. The minimum Gasteiger partial charge on any atom is -0.443 e. The molecule has 0 radical (unpaired) electrons. The van der Waals surface area contributed by atoms with Gasteiger partial charge in [-0.1, -0.05) is 27.5 Å². The summed E-state index contributed by atoms with van der Waals surface area (Å²) in [4.78, 5) is 4.02. The fourth-order valence-electron chi connectivity index (χ4n) is 1.33. The predicted octanol–water partition coefficient (Wildman–Crippen LogP) is 3.22. The molecule has 0 bridgehead atoms. The van der Waals surface area contributed by atoms with Crippen LogP contribution in [0.25, 0.3) is 11.3 Å². The van der Waals surface area contributed by atoms with Gasteiger partial charge < -0.3 is 10.2 Å². The molecule has 0 aliphatic carbocycles. The number of rotatable bonds is 2. The fraction of sp³-hybridized carbons (Fsp3) is 0.100. The van der Waals surface area contributed by atoms with Crippen LogP contribution in [0.1, 0.15) is 5.69 Å². The van der Waals surface area contributed by atoms with E-state index in [1.807, 2.05) is 18.2 Å². The van der Waals surface area contributed by atoms with E-state index in [1.54, 1.807) is 0 Å². The maximum Gasteiger partial charge on any atom is 0.181 e. The monoisotopic (exact) mass is 286 g/mol. The highest BCUT2D eigenvalue weighted by Gasteiger charge is 2.10. The number of hydrogen-bond acceptors (Lipinski definition) is 3. The van der Waals surface area contributed by atoms with Crippen LogP contribution in [0.4, 0.5) is 0 Å². The summed E-state index contributed by atoms with van der Waals surface area (Å²) in [7, 11) is 0. The maximum absolute atomic E-state index is 5.94. The van der Waals surface area contributed by atoms with Gasteiger partial charge in [0.05, 0.1) is 0 Å². The quantitative estimate of drug-likeness (QED) is 0.922. The SMILES string of the molecule is NCc1ncoc1-c1cc(Cl)cc(Br)c1. The first-order chi connectivity index (χ1) is 7.20. The topological polar surface area (TPSA) is 52.0 Å². The minimum atomic E-state index is 0.343. The summed E-state index contributed by atoms with van der Waals surface area (Å²) in [5.41, 5.74) is 7.14. The average Bonchev–Trinajstić information content (AvgIpc) is 2.63. The molecule has 1 heterocycles. The molecule has 5 heteroatoms. The fourth-order valence-corrected chi connectivity index (χ4v) is 2.19. The molecule has 1 aromatic carbocycles. The van der Waals surface area contributed by atoms with Crippen LogP contribution in [0.5, 0.6) is 0 Å². The van der Waals surface area contributed by atoms with Crippen LogP contribution in [0.15, 0.2) is 33.5 Å². The van der Waals surface area contributed by atoms with Gasteiger partial charge in [0, 0.05) is 21.6 Å². The van der Waals surface area contributed by atoms with Gasteiger partial charge in [-0.3, -0.25) is 0 Å². The standard InChI is InChI=1S/C10H8BrClN2O/c11-7-1-6(2-8(12)3-7)10-9(4-13)14-5-15-10/h1-3,5H,4,13H2. The van der Waals surface area contributed by atoms with E-state index in [0.717, 1.165) is 15.7 Å². The summed E-state index contributed by atoms with van der Waals surface area (Å²) in [6, 6.07) is 5.53. The molecule has 0 fully saturated rings. The number of nitrogens with zero attached hydrogens (tertiary/aromatic N) is 1. The average molecular weight is 288 g/mol. The molecule has 0 unspecified atom stereocenters. The smallest absolute Gasteiger partial charge is 0.181 e. The highest BCUT2D eigenvalue weighted by molar-refractivity contribution is 9.10. The normalized spacial score (nSPS) is 10.6. The van der Waals surface area contributed by atoms with Crippen molar-refractivity contribution in [3.63, 3.8) is 0 Å². The molecular formula is C10H8BrClN2O. The van der Waals surface area contributed by atoms with Crippen molar-refractivity contribution in [1.29, 1.82) is 0 Å². The summed E-state index contributed by atoms with van der Waals surface area (Å²) in [6.07, 6.45) is 1.38. The Kier molecular flexibility index (Phi) is 3.09. The number of hydrogen-bond donors (Lipinski definition) is 1. The summed E-state index contributed by atoms with van der Waals surface area (Å²) in [5, 5.41) is 0.638. The van der Waals surface area contributed by atoms with Gasteiger partial charge in [0.25, 0.3) is 0 Å². The van der Waals surface area contributed by atoms with Crippen LogP contribution < -0.4 is 5.73 Å². The van der Waals surface area contributed by atoms with Gasteiger partial charge in [0.15, 0.2) is 12.2 Å². The van der Waals surface area contributed by atoms with E-state index < -0.39 is 0 Å². The molecule has 2 rings (SSSR count). The number of oxazole rings is 1. The van der Waals surface area contributed by atoms with E-state index in [9.17, 15) is 0 Å². The van der Waals surface area contributed by atoms with Crippen molar-refractivity contribution in [1.82, 2.24) is 4.98 Å². The van der Waals surface area contributed by atoms with Gasteiger partial charge in [0.2, 0.25) is 0 Å². The van der Waals surface area contributed by atoms with Crippen LogP contribution in [0.2, 0.25) is 5.02 Å². The Balaban J connectivity index is 2.53. The summed E-state index contributed by atoms with van der Waals surface area (Å²) < 4.78 is 6.17. The van der Waals surface area contributed by atoms with Gasteiger partial charge in [-0.25, -0.2) is 4.98 Å². The highest BCUT2D eigenvalue weighted by atomic mass is 79.9. The summed E-state index contributed by atoms with van der Waals surface area (Å²) in [6.45, 7) is 0.343. The first-order valence-corrected chi connectivity index (χ1v) is 5.46. The lowest BCUT2D eigenvalue weighted by atomic mass is 10.1. The Hall–Kier alpha value is -0.840. The van der Waals surface area contributed by atoms with Crippen LogP contribution in [-0.2, 0) is 6.54 Å². The molecule has 0 atom stereocenters. The lowest BCUT2D eigenvalue weighted by molar-refractivity contribution is 0.571. The molecule has 0 aliphatic heterocycles. The third kappa shape index (κ3) is 2.22. The first kappa shape index (κ1) is 10.7. The van der Waals surface area contributed by atoms with Gasteiger partial charge in [-0.05, 0) is 18.2 Å². The van der Waals surface area contributed by atoms with Crippen molar-refractivity contribution in [3.8, 4) is 11.3 Å². The molecule has 2 N–H and O–H groups in total. The zero-order valence-corrected chi connectivity index (χ0v) is 10.0. The summed E-state index contributed by atoms with van der Waals surface area (Å²) in [5.74, 6) is 0.667. The third-order valence-electron chi connectivity index (χ3n) is 1.96. The molecule has 0 amide bonds. The van der Waals surface area contributed by atoms with Crippen molar-refractivity contribution >= 4 is 27.5 Å². The number of aromatic nitrogens is 1. The van der Waals surface area contributed by atoms with Crippen molar-refractivity contribution < 1.29 is 4.42 Å². The Labute approximate surface area is 100 Å². The lowest BCUT2D eigenvalue weighted by Crippen LogP contribution is -1.98. The molecule has 0 saturated carbocycles. The molecular weight excluding hydrogens is 279 g/mol. The molecule has 0 spiro atoms. The second kappa shape index (κ2) is 4.35. The second-order valence-corrected chi connectivity index (χ2v) is 4.34. The molecule has 3 nitrogen and oxygen atoms in total. The van der Waals surface area contributed by atoms with E-state index in [0.29, 0.717) is 17.3 Å². The van der Waals surface area contributed by atoms with Crippen LogP contribution in [0, 0.1) is 0 Å². The van der Waals surface area contributed by atoms with Crippen molar-refractivity contribution in [2.45, 2.75) is 6.54 Å². The molecule has 78 valence electrons. The Bertz CT molecular complexity index is 464. The first-order valence-electron chi connectivity index (χ1n) is 4.29. The van der Waals surface area contributed by atoms with Crippen molar-refractivity contribution in [2.75, 3.05) is 0 Å². The van der Waals surface area contributed by atoms with E-state index in [-0.39, 0.29) is 0 Å². The number of benzene rings is 1. The van der Waals surface area contributed by atoms with Crippen LogP contribution >= 0.6 is 27.5 Å². The van der Waals surface area contributed by atoms with Crippen LogP contribution in [-0.4, -0.2) is 4.98 Å². The number of nitrogens with two attached hydrogens (primary N) is 1. The van der Waals surface area contributed by atoms with Gasteiger partial charge in [-0.15, -0.1) is 0 Å². The van der Waals surface area contributed by atoms with Gasteiger partial charge in [0.1, 0.15) is 5.69 Å². The third-order valence-corrected chi connectivity index (χ3v) is 2.64. The van der Waals surface area contributed by atoms with E-state index in [2.05, 4.69) is 20.9 Å². The van der Waals surface area contributed by atoms with Gasteiger partial charge >= 0.3 is 0 Å². The molecule has 1 aromatic heterocycles. The minimum absolute atomic E-state index is 0.343. The zero-order valence-electron chi connectivity index (χ0n) is 7.71. The van der Waals surface area contributed by atoms with Crippen LogP contribution in [0.3, 0.4) is 0 Å². The van der Waals surface area contributed by atoms with E-state index in [1.165, 1.54) is 6.39 Å². The van der Waals surface area contributed by atoms with E-state index >= 15 is 0 Å². The van der Waals surface area contributed by atoms with E-state index in [4.69, 9.17) is 21.8 Å². The van der Waals surface area contributed by atoms with Gasteiger partial charge in [-0.2, -0.15) is 0 Å². The molecule has 0 saturated heterocycles.